The Kier molecular flexibility index (Phi) is 3.45. The molecule has 0 fully saturated rings. The lowest BCUT2D eigenvalue weighted by molar-refractivity contribution is -0.142. The van der Waals surface area contributed by atoms with Crippen LogP contribution in [0.25, 0.3) is 10.6 Å². The molecule has 19 heavy (non-hydrogen) atoms. The maximum Gasteiger partial charge on any atom is 0.315 e. The van der Waals surface area contributed by atoms with Gasteiger partial charge in [0.2, 0.25) is 0 Å². The van der Waals surface area contributed by atoms with Crippen molar-refractivity contribution >= 4 is 17.3 Å². The van der Waals surface area contributed by atoms with Crippen molar-refractivity contribution in [1.29, 1.82) is 0 Å². The molecule has 0 amide bonds. The fourth-order valence-electron chi connectivity index (χ4n) is 1.76. The van der Waals surface area contributed by atoms with Gasteiger partial charge in [-0.05, 0) is 39.3 Å². The van der Waals surface area contributed by atoms with Crippen LogP contribution >= 0.6 is 11.3 Å². The summed E-state index contributed by atoms with van der Waals surface area (Å²) in [6.45, 7) is 7.44. The van der Waals surface area contributed by atoms with Gasteiger partial charge >= 0.3 is 5.97 Å². The van der Waals surface area contributed by atoms with Crippen molar-refractivity contribution in [2.24, 2.45) is 0 Å². The van der Waals surface area contributed by atoms with E-state index >= 15 is 0 Å². The summed E-state index contributed by atoms with van der Waals surface area (Å²) in [5.41, 5.74) is 3.07. The maximum absolute atomic E-state index is 11.3. The highest BCUT2D eigenvalue weighted by molar-refractivity contribution is 7.13. The third-order valence-corrected chi connectivity index (χ3v) is 4.18. The summed E-state index contributed by atoms with van der Waals surface area (Å²) in [4.78, 5) is 15.8. The van der Waals surface area contributed by atoms with E-state index in [9.17, 15) is 9.90 Å². The van der Waals surface area contributed by atoms with E-state index in [-0.39, 0.29) is 0 Å². The molecule has 4 heteroatoms. The van der Waals surface area contributed by atoms with E-state index in [4.69, 9.17) is 0 Å². The molecule has 0 unspecified atom stereocenters. The molecule has 0 saturated carbocycles. The first-order valence-corrected chi connectivity index (χ1v) is 6.97. The molecular weight excluding hydrogens is 258 g/mol. The van der Waals surface area contributed by atoms with Gasteiger partial charge in [0.05, 0.1) is 5.69 Å². The number of benzene rings is 1. The van der Waals surface area contributed by atoms with Crippen LogP contribution in [0.15, 0.2) is 23.6 Å². The molecule has 100 valence electrons. The normalized spacial score (nSPS) is 11.6. The molecule has 0 radical (unpaired) electrons. The summed E-state index contributed by atoms with van der Waals surface area (Å²) in [5.74, 6) is -0.856. The fourth-order valence-corrected chi connectivity index (χ4v) is 2.83. The van der Waals surface area contributed by atoms with Gasteiger partial charge < -0.3 is 5.11 Å². The number of carboxylic acid groups (broad SMARTS) is 1. The average molecular weight is 275 g/mol. The Morgan fingerprint density at radius 1 is 1.32 bits per heavy atom. The molecule has 0 saturated heterocycles. The van der Waals surface area contributed by atoms with E-state index in [0.717, 1.165) is 16.1 Å². The molecule has 0 aliphatic heterocycles. The molecule has 3 nitrogen and oxygen atoms in total. The number of thiazole rings is 1. The summed E-state index contributed by atoms with van der Waals surface area (Å²) >= 11 is 1.50. The molecule has 1 N–H and O–H groups in total. The highest BCUT2D eigenvalue weighted by Gasteiger charge is 2.32. The molecule has 0 aliphatic rings. The van der Waals surface area contributed by atoms with E-state index in [1.165, 1.54) is 16.9 Å². The van der Waals surface area contributed by atoms with Gasteiger partial charge in [0.1, 0.15) is 10.4 Å². The number of aryl methyl sites for hydroxylation is 2. The van der Waals surface area contributed by atoms with E-state index in [0.29, 0.717) is 5.69 Å². The number of hydrogen-bond acceptors (Lipinski definition) is 3. The van der Waals surface area contributed by atoms with Crippen molar-refractivity contribution in [3.63, 3.8) is 0 Å². The third kappa shape index (κ3) is 2.54. The number of hydrogen-bond donors (Lipinski definition) is 1. The zero-order valence-corrected chi connectivity index (χ0v) is 12.3. The molecule has 2 aromatic rings. The summed E-state index contributed by atoms with van der Waals surface area (Å²) < 4.78 is 0. The Hall–Kier alpha value is -1.68. The van der Waals surface area contributed by atoms with Gasteiger partial charge in [0.25, 0.3) is 0 Å². The first-order chi connectivity index (χ1) is 8.82. The Morgan fingerprint density at radius 2 is 2.00 bits per heavy atom. The van der Waals surface area contributed by atoms with Crippen LogP contribution in [0.1, 0.15) is 30.7 Å². The van der Waals surface area contributed by atoms with Crippen LogP contribution in [0, 0.1) is 13.8 Å². The minimum atomic E-state index is -0.952. The van der Waals surface area contributed by atoms with Gasteiger partial charge in [-0.25, -0.2) is 4.98 Å². The van der Waals surface area contributed by atoms with Gasteiger partial charge in [-0.1, -0.05) is 17.7 Å². The number of nitrogens with zero attached hydrogens (tertiary/aromatic N) is 1. The number of carboxylic acids is 1. The number of aliphatic carboxylic acids is 1. The molecule has 1 aromatic heterocycles. The van der Waals surface area contributed by atoms with Gasteiger partial charge in [0, 0.05) is 10.9 Å². The van der Waals surface area contributed by atoms with E-state index < -0.39 is 11.4 Å². The Balaban J connectivity index is 2.47. The van der Waals surface area contributed by atoms with Crippen molar-refractivity contribution < 1.29 is 9.90 Å². The quantitative estimate of drug-likeness (QED) is 0.927. The highest BCUT2D eigenvalue weighted by Crippen LogP contribution is 2.32. The van der Waals surface area contributed by atoms with Crippen LogP contribution in [-0.4, -0.2) is 16.1 Å². The average Bonchev–Trinajstić information content (AvgIpc) is 2.82. The second kappa shape index (κ2) is 4.78. The number of carbonyl (C=O) groups is 1. The molecule has 0 bridgehead atoms. The predicted molar refractivity (Wildman–Crippen MR) is 77.7 cm³/mol. The highest BCUT2D eigenvalue weighted by atomic mass is 32.1. The topological polar surface area (TPSA) is 50.2 Å². The summed E-state index contributed by atoms with van der Waals surface area (Å²) in [5, 5.41) is 12.0. The van der Waals surface area contributed by atoms with Crippen LogP contribution in [0.3, 0.4) is 0 Å². The first-order valence-electron chi connectivity index (χ1n) is 6.09. The van der Waals surface area contributed by atoms with Crippen LogP contribution < -0.4 is 0 Å². The maximum atomic E-state index is 11.3. The molecule has 1 aromatic carbocycles. The lowest BCUT2D eigenvalue weighted by atomic mass is 9.90. The van der Waals surface area contributed by atoms with Gasteiger partial charge in [-0.3, -0.25) is 4.79 Å². The van der Waals surface area contributed by atoms with Crippen molar-refractivity contribution in [3.05, 3.63) is 40.4 Å². The molecule has 0 aliphatic carbocycles. The van der Waals surface area contributed by atoms with Crippen LogP contribution in [0.4, 0.5) is 0 Å². The second-order valence-electron chi connectivity index (χ2n) is 5.29. The number of rotatable bonds is 3. The standard InChI is InChI=1S/C15H17NO2S/c1-9-5-6-10(2)11(7-9)13-16-12(8-19-13)15(3,4)14(17)18/h5-8H,1-4H3,(H,17,18). The molecule has 2 rings (SSSR count). The fraction of sp³-hybridized carbons (Fsp3) is 0.333. The van der Waals surface area contributed by atoms with Crippen LogP contribution in [0.2, 0.25) is 0 Å². The number of aromatic nitrogens is 1. The summed E-state index contributed by atoms with van der Waals surface area (Å²) in [6.07, 6.45) is 0. The monoisotopic (exact) mass is 275 g/mol. The minimum Gasteiger partial charge on any atom is -0.481 e. The zero-order chi connectivity index (χ0) is 14.2. The van der Waals surface area contributed by atoms with Crippen molar-refractivity contribution in [1.82, 2.24) is 4.98 Å². The van der Waals surface area contributed by atoms with Crippen molar-refractivity contribution in [2.75, 3.05) is 0 Å². The Bertz CT molecular complexity index is 629. The minimum absolute atomic E-state index is 0.612. The molecule has 0 spiro atoms. The lowest BCUT2D eigenvalue weighted by Gasteiger charge is -2.15. The summed E-state index contributed by atoms with van der Waals surface area (Å²) in [7, 11) is 0. The Labute approximate surface area is 116 Å². The molecule has 1 heterocycles. The second-order valence-corrected chi connectivity index (χ2v) is 6.14. The largest absolute Gasteiger partial charge is 0.481 e. The zero-order valence-electron chi connectivity index (χ0n) is 11.5. The van der Waals surface area contributed by atoms with Gasteiger partial charge in [-0.15, -0.1) is 11.3 Å². The van der Waals surface area contributed by atoms with E-state index in [2.05, 4.69) is 23.2 Å². The first kappa shape index (κ1) is 13.7. The van der Waals surface area contributed by atoms with Crippen LogP contribution in [-0.2, 0) is 10.2 Å². The van der Waals surface area contributed by atoms with Gasteiger partial charge in [0.15, 0.2) is 0 Å². The van der Waals surface area contributed by atoms with E-state index in [1.807, 2.05) is 19.2 Å². The smallest absolute Gasteiger partial charge is 0.315 e. The van der Waals surface area contributed by atoms with Crippen molar-refractivity contribution in [3.8, 4) is 10.6 Å². The predicted octanol–water partition coefficient (Wildman–Crippen LogP) is 3.79. The molecular formula is C15H17NO2S. The van der Waals surface area contributed by atoms with Crippen LogP contribution in [0.5, 0.6) is 0 Å². The molecule has 0 atom stereocenters. The summed E-state index contributed by atoms with van der Waals surface area (Å²) in [6, 6.07) is 6.22. The van der Waals surface area contributed by atoms with Gasteiger partial charge in [-0.2, -0.15) is 0 Å². The SMILES string of the molecule is Cc1ccc(C)c(-c2nc(C(C)(C)C(=O)O)cs2)c1. The lowest BCUT2D eigenvalue weighted by Crippen LogP contribution is -2.28. The van der Waals surface area contributed by atoms with E-state index in [1.54, 1.807) is 13.8 Å². The van der Waals surface area contributed by atoms with Crippen molar-refractivity contribution in [2.45, 2.75) is 33.1 Å². The third-order valence-electron chi connectivity index (χ3n) is 3.30. The Morgan fingerprint density at radius 3 is 2.63 bits per heavy atom.